The maximum Gasteiger partial charge on any atom is 0.182 e. The maximum atomic E-state index is 13.5. The minimum atomic E-state index is -0.880. The molecule has 118 valence electrons. The molecule has 3 aromatic rings. The van der Waals surface area contributed by atoms with Gasteiger partial charge in [0.25, 0.3) is 0 Å². The summed E-state index contributed by atoms with van der Waals surface area (Å²) in [6.45, 7) is 0.526. The molecule has 4 rings (SSSR count). The number of hydrogen-bond donors (Lipinski definition) is 2. The molecule has 3 heterocycles. The fourth-order valence-corrected chi connectivity index (χ4v) is 2.81. The summed E-state index contributed by atoms with van der Waals surface area (Å²) in [4.78, 5) is 15.3. The maximum absolute atomic E-state index is 13.5. The van der Waals surface area contributed by atoms with Crippen LogP contribution in [0.3, 0.4) is 0 Å². The first kappa shape index (κ1) is 14.0. The first-order valence-corrected chi connectivity index (χ1v) is 7.19. The van der Waals surface area contributed by atoms with Crippen LogP contribution in [-0.4, -0.2) is 32.6 Å². The molecule has 1 aliphatic heterocycles. The second-order valence-corrected chi connectivity index (χ2v) is 5.33. The Bertz CT molecular complexity index is 853. The highest BCUT2D eigenvalue weighted by Crippen LogP contribution is 2.32. The molecule has 6 nitrogen and oxygen atoms in total. The zero-order chi connectivity index (χ0) is 15.8. The van der Waals surface area contributed by atoms with Crippen LogP contribution in [0.5, 0.6) is 0 Å². The quantitative estimate of drug-likeness (QED) is 0.776. The Labute approximate surface area is 129 Å². The van der Waals surface area contributed by atoms with E-state index in [4.69, 9.17) is 4.74 Å². The average Bonchev–Trinajstić information content (AvgIpc) is 3.19. The van der Waals surface area contributed by atoms with Crippen molar-refractivity contribution in [2.45, 2.75) is 18.6 Å². The number of nitrogens with zero attached hydrogens (tertiary/aromatic N) is 3. The van der Waals surface area contributed by atoms with Crippen molar-refractivity contribution >= 4 is 17.0 Å². The summed E-state index contributed by atoms with van der Waals surface area (Å²) in [5, 5.41) is 3.29. The zero-order valence-corrected chi connectivity index (χ0v) is 12.0. The molecule has 1 fully saturated rings. The van der Waals surface area contributed by atoms with Crippen LogP contribution in [0.15, 0.2) is 30.9 Å². The molecule has 0 amide bonds. The van der Waals surface area contributed by atoms with E-state index in [-0.39, 0.29) is 12.1 Å². The van der Waals surface area contributed by atoms with Gasteiger partial charge in [-0.1, -0.05) is 6.07 Å². The van der Waals surface area contributed by atoms with Crippen LogP contribution >= 0.6 is 0 Å². The van der Waals surface area contributed by atoms with Crippen molar-refractivity contribution in [3.63, 3.8) is 0 Å². The second kappa shape index (κ2) is 5.54. The van der Waals surface area contributed by atoms with Gasteiger partial charge in [0.1, 0.15) is 17.9 Å². The molecule has 2 aromatic heterocycles. The molecule has 1 aromatic carbocycles. The lowest BCUT2D eigenvalue weighted by atomic mass is 10.0. The predicted octanol–water partition coefficient (Wildman–Crippen LogP) is 2.57. The third-order valence-electron chi connectivity index (χ3n) is 3.91. The Hall–Kier alpha value is -2.61. The first-order valence-electron chi connectivity index (χ1n) is 7.19. The molecule has 0 aliphatic carbocycles. The van der Waals surface area contributed by atoms with Gasteiger partial charge in [0.05, 0.1) is 12.4 Å². The SMILES string of the molecule is Fc1ccc(C2OCCC2Nc2ncnc3nc[nH]c23)cc1F. The molecule has 0 bridgehead atoms. The summed E-state index contributed by atoms with van der Waals surface area (Å²) in [5.74, 6) is -1.14. The largest absolute Gasteiger partial charge is 0.371 e. The van der Waals surface area contributed by atoms with Crippen molar-refractivity contribution in [2.24, 2.45) is 0 Å². The van der Waals surface area contributed by atoms with E-state index in [0.29, 0.717) is 29.2 Å². The van der Waals surface area contributed by atoms with Gasteiger partial charge in [-0.05, 0) is 24.1 Å². The van der Waals surface area contributed by atoms with E-state index in [2.05, 4.69) is 25.3 Å². The Morgan fingerprint density at radius 3 is 2.96 bits per heavy atom. The number of aromatic nitrogens is 4. The van der Waals surface area contributed by atoms with E-state index < -0.39 is 11.6 Å². The van der Waals surface area contributed by atoms with E-state index >= 15 is 0 Å². The number of halogens is 2. The van der Waals surface area contributed by atoms with Gasteiger partial charge in [-0.3, -0.25) is 0 Å². The lowest BCUT2D eigenvalue weighted by molar-refractivity contribution is 0.107. The summed E-state index contributed by atoms with van der Waals surface area (Å²) >= 11 is 0. The van der Waals surface area contributed by atoms with Crippen molar-refractivity contribution in [1.29, 1.82) is 0 Å². The summed E-state index contributed by atoms with van der Waals surface area (Å²) < 4.78 is 32.3. The number of imidazole rings is 1. The molecule has 23 heavy (non-hydrogen) atoms. The molecule has 1 aliphatic rings. The van der Waals surface area contributed by atoms with Crippen LogP contribution in [-0.2, 0) is 4.74 Å². The van der Waals surface area contributed by atoms with Crippen molar-refractivity contribution in [3.05, 3.63) is 48.1 Å². The van der Waals surface area contributed by atoms with Crippen LogP contribution < -0.4 is 5.32 Å². The van der Waals surface area contributed by atoms with Crippen LogP contribution in [0, 0.1) is 11.6 Å². The highest BCUT2D eigenvalue weighted by molar-refractivity contribution is 5.82. The third-order valence-corrected chi connectivity index (χ3v) is 3.91. The Morgan fingerprint density at radius 1 is 1.17 bits per heavy atom. The zero-order valence-electron chi connectivity index (χ0n) is 12.0. The van der Waals surface area contributed by atoms with Gasteiger partial charge >= 0.3 is 0 Å². The molecular formula is C15H13F2N5O. The van der Waals surface area contributed by atoms with Crippen molar-refractivity contribution in [2.75, 3.05) is 11.9 Å². The Morgan fingerprint density at radius 2 is 2.09 bits per heavy atom. The van der Waals surface area contributed by atoms with E-state index in [9.17, 15) is 8.78 Å². The van der Waals surface area contributed by atoms with Gasteiger partial charge in [-0.2, -0.15) is 0 Å². The number of rotatable bonds is 3. The number of benzene rings is 1. The Kier molecular flexibility index (Phi) is 3.38. The second-order valence-electron chi connectivity index (χ2n) is 5.33. The van der Waals surface area contributed by atoms with Crippen LogP contribution in [0.4, 0.5) is 14.6 Å². The summed E-state index contributed by atoms with van der Waals surface area (Å²) in [6, 6.07) is 3.71. The average molecular weight is 317 g/mol. The molecule has 8 heteroatoms. The summed E-state index contributed by atoms with van der Waals surface area (Å²) in [6.07, 6.45) is 3.32. The first-order chi connectivity index (χ1) is 11.2. The molecular weight excluding hydrogens is 304 g/mol. The number of ether oxygens (including phenoxy) is 1. The molecule has 0 spiro atoms. The number of aromatic amines is 1. The van der Waals surface area contributed by atoms with E-state index in [0.717, 1.165) is 12.5 Å². The van der Waals surface area contributed by atoms with Crippen LogP contribution in [0.25, 0.3) is 11.2 Å². The number of hydrogen-bond acceptors (Lipinski definition) is 5. The Balaban J connectivity index is 1.63. The lowest BCUT2D eigenvalue weighted by Gasteiger charge is -2.21. The van der Waals surface area contributed by atoms with E-state index in [1.165, 1.54) is 18.5 Å². The van der Waals surface area contributed by atoms with E-state index in [1.807, 2.05) is 0 Å². The third kappa shape index (κ3) is 2.50. The number of anilines is 1. The van der Waals surface area contributed by atoms with Crippen LogP contribution in [0.1, 0.15) is 18.1 Å². The predicted molar refractivity (Wildman–Crippen MR) is 78.8 cm³/mol. The molecule has 0 saturated carbocycles. The van der Waals surface area contributed by atoms with Gasteiger partial charge in [0, 0.05) is 6.61 Å². The van der Waals surface area contributed by atoms with Gasteiger partial charge in [0.15, 0.2) is 23.1 Å². The fraction of sp³-hybridized carbons (Fsp3) is 0.267. The van der Waals surface area contributed by atoms with Gasteiger partial charge in [-0.25, -0.2) is 23.7 Å². The van der Waals surface area contributed by atoms with Gasteiger partial charge in [-0.15, -0.1) is 0 Å². The smallest absolute Gasteiger partial charge is 0.182 e. The summed E-state index contributed by atoms with van der Waals surface area (Å²) in [5.41, 5.74) is 1.85. The molecule has 2 N–H and O–H groups in total. The standard InChI is InChI=1S/C15H13F2N5O/c16-9-2-1-8(5-10(9)17)13-11(3-4-23-13)22-15-12-14(19-6-18-12)20-7-21-15/h1-2,5-7,11,13H,3-4H2,(H2,18,19,20,21,22). The van der Waals surface area contributed by atoms with Crippen LogP contribution in [0.2, 0.25) is 0 Å². The molecule has 2 unspecified atom stereocenters. The van der Waals surface area contributed by atoms with Crippen molar-refractivity contribution in [3.8, 4) is 0 Å². The van der Waals surface area contributed by atoms with Gasteiger partial charge < -0.3 is 15.0 Å². The van der Waals surface area contributed by atoms with Gasteiger partial charge in [0.2, 0.25) is 0 Å². The normalized spacial score (nSPS) is 21.0. The fourth-order valence-electron chi connectivity index (χ4n) is 2.81. The minimum Gasteiger partial charge on any atom is -0.371 e. The molecule has 1 saturated heterocycles. The number of H-pyrrole nitrogens is 1. The highest BCUT2D eigenvalue weighted by atomic mass is 19.2. The monoisotopic (exact) mass is 317 g/mol. The molecule has 0 radical (unpaired) electrons. The molecule has 2 atom stereocenters. The number of fused-ring (bicyclic) bond motifs is 1. The minimum absolute atomic E-state index is 0.110. The summed E-state index contributed by atoms with van der Waals surface area (Å²) in [7, 11) is 0. The lowest BCUT2D eigenvalue weighted by Crippen LogP contribution is -2.24. The highest BCUT2D eigenvalue weighted by Gasteiger charge is 2.31. The topological polar surface area (TPSA) is 75.7 Å². The van der Waals surface area contributed by atoms with Crippen molar-refractivity contribution < 1.29 is 13.5 Å². The number of nitrogens with one attached hydrogen (secondary N) is 2. The van der Waals surface area contributed by atoms with Crippen molar-refractivity contribution in [1.82, 2.24) is 19.9 Å². The van der Waals surface area contributed by atoms with E-state index in [1.54, 1.807) is 6.33 Å².